The van der Waals surface area contributed by atoms with Crippen LogP contribution >= 0.6 is 0 Å². The highest BCUT2D eigenvalue weighted by Gasteiger charge is 2.27. The molecule has 0 spiro atoms. The first-order valence-electron chi connectivity index (χ1n) is 6.76. The van der Waals surface area contributed by atoms with E-state index in [1.165, 1.54) is 0 Å². The average Bonchev–Trinajstić information content (AvgIpc) is 2.94. The molecule has 1 unspecified atom stereocenters. The third-order valence-corrected chi connectivity index (χ3v) is 3.78. The standard InChI is InChI=1S/C18H12O3/c19-15-10-14(18(20)13-7-3-2-6-12(13)15)17-9-11-5-1-4-8-16(11)21-17/h1-10,15,19H. The molecule has 0 fully saturated rings. The lowest BCUT2D eigenvalue weighted by atomic mass is 9.87. The van der Waals surface area contributed by atoms with Crippen molar-refractivity contribution >= 4 is 22.3 Å². The summed E-state index contributed by atoms with van der Waals surface area (Å²) in [6, 6.07) is 16.5. The van der Waals surface area contributed by atoms with Crippen molar-refractivity contribution in [2.45, 2.75) is 6.10 Å². The Bertz CT molecular complexity index is 853. The summed E-state index contributed by atoms with van der Waals surface area (Å²) >= 11 is 0. The fraction of sp³-hybridized carbons (Fsp3) is 0.0556. The fourth-order valence-electron chi connectivity index (χ4n) is 2.74. The van der Waals surface area contributed by atoms with Crippen molar-refractivity contribution in [2.75, 3.05) is 0 Å². The molecule has 0 aliphatic heterocycles. The molecule has 0 saturated heterocycles. The van der Waals surface area contributed by atoms with E-state index in [1.54, 1.807) is 24.3 Å². The second-order valence-corrected chi connectivity index (χ2v) is 5.09. The van der Waals surface area contributed by atoms with Gasteiger partial charge in [-0.25, -0.2) is 0 Å². The maximum atomic E-state index is 12.6. The Morgan fingerprint density at radius 3 is 2.62 bits per heavy atom. The van der Waals surface area contributed by atoms with Crippen LogP contribution in [0.5, 0.6) is 0 Å². The second-order valence-electron chi connectivity index (χ2n) is 5.09. The van der Waals surface area contributed by atoms with E-state index in [0.29, 0.717) is 22.5 Å². The molecule has 1 aromatic heterocycles. The number of aliphatic hydroxyl groups is 1. The van der Waals surface area contributed by atoms with Crippen LogP contribution in [0.4, 0.5) is 0 Å². The van der Waals surface area contributed by atoms with Crippen molar-refractivity contribution in [3.05, 3.63) is 77.6 Å². The molecule has 2 aromatic carbocycles. The van der Waals surface area contributed by atoms with Crippen molar-refractivity contribution in [3.63, 3.8) is 0 Å². The average molecular weight is 276 g/mol. The number of Topliss-reactive ketones (excluding diaryl/α,β-unsaturated/α-hetero) is 1. The first kappa shape index (κ1) is 12.1. The maximum absolute atomic E-state index is 12.6. The number of fused-ring (bicyclic) bond motifs is 2. The minimum absolute atomic E-state index is 0.116. The van der Waals surface area contributed by atoms with E-state index in [1.807, 2.05) is 36.4 Å². The van der Waals surface area contributed by atoms with E-state index >= 15 is 0 Å². The third-order valence-electron chi connectivity index (χ3n) is 3.78. The quantitative estimate of drug-likeness (QED) is 0.736. The summed E-state index contributed by atoms with van der Waals surface area (Å²) in [4.78, 5) is 12.6. The Morgan fingerprint density at radius 1 is 1.00 bits per heavy atom. The van der Waals surface area contributed by atoms with Crippen LogP contribution in [0.15, 0.2) is 65.1 Å². The van der Waals surface area contributed by atoms with Gasteiger partial charge in [0.05, 0.1) is 11.7 Å². The van der Waals surface area contributed by atoms with Crippen molar-refractivity contribution in [1.82, 2.24) is 0 Å². The van der Waals surface area contributed by atoms with Crippen LogP contribution in [0.2, 0.25) is 0 Å². The van der Waals surface area contributed by atoms with E-state index in [0.717, 1.165) is 11.0 Å². The second kappa shape index (κ2) is 4.43. The normalized spacial score (nSPS) is 17.7. The summed E-state index contributed by atoms with van der Waals surface area (Å²) < 4.78 is 5.74. The number of furan rings is 1. The number of hydrogen-bond donors (Lipinski definition) is 1. The van der Waals surface area contributed by atoms with E-state index in [2.05, 4.69) is 0 Å². The molecule has 102 valence electrons. The molecule has 0 radical (unpaired) electrons. The molecule has 1 aliphatic rings. The summed E-state index contributed by atoms with van der Waals surface area (Å²) in [7, 11) is 0. The monoisotopic (exact) mass is 276 g/mol. The Morgan fingerprint density at radius 2 is 1.76 bits per heavy atom. The van der Waals surface area contributed by atoms with Gasteiger partial charge in [-0.15, -0.1) is 0 Å². The lowest BCUT2D eigenvalue weighted by molar-refractivity contribution is 0.104. The van der Waals surface area contributed by atoms with Crippen LogP contribution in [-0.2, 0) is 0 Å². The van der Waals surface area contributed by atoms with Gasteiger partial charge in [-0.05, 0) is 23.8 Å². The number of allylic oxidation sites excluding steroid dienone is 1. The van der Waals surface area contributed by atoms with Gasteiger partial charge in [0, 0.05) is 10.9 Å². The molecule has 4 rings (SSSR count). The van der Waals surface area contributed by atoms with Gasteiger partial charge in [0.15, 0.2) is 5.78 Å². The zero-order chi connectivity index (χ0) is 14.4. The highest BCUT2D eigenvalue weighted by Crippen LogP contribution is 2.35. The first-order chi connectivity index (χ1) is 10.2. The van der Waals surface area contributed by atoms with E-state index < -0.39 is 6.10 Å². The SMILES string of the molecule is O=C1C(c2cc3ccccc3o2)=CC(O)c2ccccc21. The zero-order valence-corrected chi connectivity index (χ0v) is 11.1. The van der Waals surface area contributed by atoms with Crippen molar-refractivity contribution in [2.24, 2.45) is 0 Å². The molecule has 0 bridgehead atoms. The smallest absolute Gasteiger partial charge is 0.196 e. The van der Waals surface area contributed by atoms with Crippen LogP contribution < -0.4 is 0 Å². The number of rotatable bonds is 1. The molecule has 1 aliphatic carbocycles. The van der Waals surface area contributed by atoms with Crippen LogP contribution in [0.1, 0.15) is 27.8 Å². The number of benzene rings is 2. The van der Waals surface area contributed by atoms with Gasteiger partial charge >= 0.3 is 0 Å². The summed E-state index contributed by atoms with van der Waals surface area (Å²) in [5.74, 6) is 0.379. The number of ketones is 1. The largest absolute Gasteiger partial charge is 0.456 e. The molecular formula is C18H12O3. The highest BCUT2D eigenvalue weighted by molar-refractivity contribution is 6.30. The predicted molar refractivity (Wildman–Crippen MR) is 79.9 cm³/mol. The zero-order valence-electron chi connectivity index (χ0n) is 11.1. The topological polar surface area (TPSA) is 50.4 Å². The molecular weight excluding hydrogens is 264 g/mol. The van der Waals surface area contributed by atoms with E-state index in [9.17, 15) is 9.90 Å². The van der Waals surface area contributed by atoms with E-state index in [4.69, 9.17) is 4.42 Å². The van der Waals surface area contributed by atoms with Crippen LogP contribution in [0.25, 0.3) is 16.5 Å². The van der Waals surface area contributed by atoms with Crippen LogP contribution in [-0.4, -0.2) is 10.9 Å². The van der Waals surface area contributed by atoms with Gasteiger partial charge in [-0.1, -0.05) is 42.5 Å². The molecule has 3 heteroatoms. The van der Waals surface area contributed by atoms with Crippen LogP contribution in [0.3, 0.4) is 0 Å². The van der Waals surface area contributed by atoms with E-state index in [-0.39, 0.29) is 5.78 Å². The lowest BCUT2D eigenvalue weighted by Gasteiger charge is -2.18. The first-order valence-corrected chi connectivity index (χ1v) is 6.76. The number of aliphatic hydroxyl groups excluding tert-OH is 1. The fourth-order valence-corrected chi connectivity index (χ4v) is 2.74. The Balaban J connectivity index is 1.87. The van der Waals surface area contributed by atoms with Gasteiger partial charge in [-0.2, -0.15) is 0 Å². The molecule has 0 saturated carbocycles. The minimum Gasteiger partial charge on any atom is -0.456 e. The highest BCUT2D eigenvalue weighted by atomic mass is 16.3. The molecule has 3 nitrogen and oxygen atoms in total. The molecule has 0 amide bonds. The molecule has 1 atom stereocenters. The van der Waals surface area contributed by atoms with Gasteiger partial charge in [0.2, 0.25) is 0 Å². The summed E-state index contributed by atoms with van der Waals surface area (Å²) in [5.41, 5.74) is 2.32. The summed E-state index contributed by atoms with van der Waals surface area (Å²) in [6.45, 7) is 0. The molecule has 21 heavy (non-hydrogen) atoms. The van der Waals surface area contributed by atoms with Crippen LogP contribution in [0, 0.1) is 0 Å². The minimum atomic E-state index is -0.790. The number of carbonyl (C=O) groups excluding carboxylic acids is 1. The number of carbonyl (C=O) groups is 1. The molecule has 3 aromatic rings. The Kier molecular flexibility index (Phi) is 2.56. The Hall–Kier alpha value is -2.65. The maximum Gasteiger partial charge on any atom is 0.196 e. The summed E-state index contributed by atoms with van der Waals surface area (Å²) in [5, 5.41) is 11.2. The van der Waals surface area contributed by atoms with Gasteiger partial charge < -0.3 is 9.52 Å². The number of para-hydroxylation sites is 1. The van der Waals surface area contributed by atoms with Crippen molar-refractivity contribution in [1.29, 1.82) is 0 Å². The van der Waals surface area contributed by atoms with Crippen molar-refractivity contribution < 1.29 is 14.3 Å². The number of hydrogen-bond acceptors (Lipinski definition) is 3. The predicted octanol–water partition coefficient (Wildman–Crippen LogP) is 3.75. The van der Waals surface area contributed by atoms with Gasteiger partial charge in [0.25, 0.3) is 0 Å². The van der Waals surface area contributed by atoms with Gasteiger partial charge in [0.1, 0.15) is 11.3 Å². The molecule has 1 N–H and O–H groups in total. The summed E-state index contributed by atoms with van der Waals surface area (Å²) in [6.07, 6.45) is 0.768. The third kappa shape index (κ3) is 1.82. The van der Waals surface area contributed by atoms with Gasteiger partial charge in [-0.3, -0.25) is 4.79 Å². The lowest BCUT2D eigenvalue weighted by Crippen LogP contribution is -2.14. The Labute approximate surface area is 121 Å². The molecule has 1 heterocycles. The van der Waals surface area contributed by atoms with Crippen molar-refractivity contribution in [3.8, 4) is 0 Å².